The average molecular weight is 310 g/mol. The van der Waals surface area contributed by atoms with E-state index in [0.717, 1.165) is 0 Å². The van der Waals surface area contributed by atoms with Crippen LogP contribution < -0.4 is 5.32 Å². The van der Waals surface area contributed by atoms with Crippen LogP contribution in [0.15, 0.2) is 0 Å². The molecule has 0 aromatic carbocycles. The van der Waals surface area contributed by atoms with Gasteiger partial charge in [-0.25, -0.2) is 9.59 Å². The highest BCUT2D eigenvalue weighted by Gasteiger charge is 2.35. The Morgan fingerprint density at radius 1 is 1.32 bits per heavy atom. The van der Waals surface area contributed by atoms with Crippen LogP contribution in [0.1, 0.15) is 40.0 Å². The quantitative estimate of drug-likeness (QED) is 0.599. The number of imide groups is 1. The van der Waals surface area contributed by atoms with Crippen LogP contribution in [0.5, 0.6) is 0 Å². The highest BCUT2D eigenvalue weighted by Crippen LogP contribution is 2.13. The molecule has 0 aromatic heterocycles. The van der Waals surface area contributed by atoms with Gasteiger partial charge in [-0.3, -0.25) is 9.59 Å². The SMILES string of the molecule is C#CCC(NC(=O)OC(C)(C)C)C(=O)ON1C(=O)CCC1=O. The maximum absolute atomic E-state index is 11.9. The molecular formula is C14H18N2O6. The van der Waals surface area contributed by atoms with E-state index >= 15 is 0 Å². The molecule has 1 unspecified atom stereocenters. The minimum absolute atomic E-state index is 0.0224. The average Bonchev–Trinajstić information content (AvgIpc) is 2.67. The zero-order valence-corrected chi connectivity index (χ0v) is 12.7. The van der Waals surface area contributed by atoms with Gasteiger partial charge < -0.3 is 14.9 Å². The van der Waals surface area contributed by atoms with Crippen molar-refractivity contribution in [3.8, 4) is 12.3 Å². The van der Waals surface area contributed by atoms with Gasteiger partial charge in [-0.1, -0.05) is 0 Å². The summed E-state index contributed by atoms with van der Waals surface area (Å²) in [6.07, 6.45) is 4.06. The Labute approximate surface area is 128 Å². The van der Waals surface area contributed by atoms with Gasteiger partial charge >= 0.3 is 12.1 Å². The minimum atomic E-state index is -1.22. The second-order valence-electron chi connectivity index (χ2n) is 5.60. The number of rotatable bonds is 4. The Hall–Kier alpha value is -2.56. The number of hydrogen-bond acceptors (Lipinski definition) is 6. The summed E-state index contributed by atoms with van der Waals surface area (Å²) in [4.78, 5) is 51.1. The summed E-state index contributed by atoms with van der Waals surface area (Å²) < 4.78 is 5.00. The topological polar surface area (TPSA) is 102 Å². The molecule has 0 saturated carbocycles. The van der Waals surface area contributed by atoms with Crippen LogP contribution in [0, 0.1) is 12.3 Å². The Balaban J connectivity index is 2.68. The summed E-state index contributed by atoms with van der Waals surface area (Å²) in [7, 11) is 0. The molecule has 1 fully saturated rings. The first-order valence-corrected chi connectivity index (χ1v) is 6.64. The van der Waals surface area contributed by atoms with Gasteiger partial charge in [-0.05, 0) is 20.8 Å². The van der Waals surface area contributed by atoms with Gasteiger partial charge in [0.15, 0.2) is 0 Å². The Bertz CT molecular complexity index is 512. The second kappa shape index (κ2) is 6.93. The fraction of sp³-hybridized carbons (Fsp3) is 0.571. The smallest absolute Gasteiger partial charge is 0.408 e. The minimum Gasteiger partial charge on any atom is -0.444 e. The molecule has 22 heavy (non-hydrogen) atoms. The fourth-order valence-corrected chi connectivity index (χ4v) is 1.57. The summed E-state index contributed by atoms with van der Waals surface area (Å²) in [5.74, 6) is -0.0336. The summed E-state index contributed by atoms with van der Waals surface area (Å²) in [6, 6.07) is -1.22. The maximum Gasteiger partial charge on any atom is 0.408 e. The number of carbonyl (C=O) groups is 4. The van der Waals surface area contributed by atoms with Crippen LogP contribution in [0.3, 0.4) is 0 Å². The second-order valence-corrected chi connectivity index (χ2v) is 5.60. The lowest BCUT2D eigenvalue weighted by atomic mass is 10.2. The molecular weight excluding hydrogens is 292 g/mol. The van der Waals surface area contributed by atoms with E-state index < -0.39 is 35.5 Å². The summed E-state index contributed by atoms with van der Waals surface area (Å²) >= 11 is 0. The fourth-order valence-electron chi connectivity index (χ4n) is 1.57. The predicted molar refractivity (Wildman–Crippen MR) is 73.8 cm³/mol. The van der Waals surface area contributed by atoms with E-state index in [2.05, 4.69) is 11.2 Å². The van der Waals surface area contributed by atoms with Crippen molar-refractivity contribution in [1.29, 1.82) is 0 Å². The van der Waals surface area contributed by atoms with Gasteiger partial charge in [-0.2, -0.15) is 0 Å². The molecule has 8 nitrogen and oxygen atoms in total. The lowest BCUT2D eigenvalue weighted by molar-refractivity contribution is -0.198. The van der Waals surface area contributed by atoms with E-state index in [9.17, 15) is 19.2 Å². The molecule has 0 bridgehead atoms. The zero-order valence-electron chi connectivity index (χ0n) is 12.7. The third-order valence-electron chi connectivity index (χ3n) is 2.48. The lowest BCUT2D eigenvalue weighted by Crippen LogP contribution is -2.46. The molecule has 1 N–H and O–H groups in total. The van der Waals surface area contributed by atoms with E-state index in [1.54, 1.807) is 20.8 Å². The highest BCUT2D eigenvalue weighted by atomic mass is 16.7. The molecule has 120 valence electrons. The van der Waals surface area contributed by atoms with E-state index in [4.69, 9.17) is 16.0 Å². The number of alkyl carbamates (subject to hydrolysis) is 1. The molecule has 0 aliphatic carbocycles. The van der Waals surface area contributed by atoms with Crippen molar-refractivity contribution < 1.29 is 28.8 Å². The standard InChI is InChI=1S/C14H18N2O6/c1-5-6-9(15-13(20)21-14(2,3)4)12(19)22-16-10(17)7-8-11(16)18/h1,9H,6-8H2,2-4H3,(H,15,20). The molecule has 1 rings (SSSR count). The van der Waals surface area contributed by atoms with Crippen molar-refractivity contribution in [2.24, 2.45) is 0 Å². The molecule has 0 radical (unpaired) electrons. The maximum atomic E-state index is 11.9. The van der Waals surface area contributed by atoms with E-state index in [0.29, 0.717) is 5.06 Å². The van der Waals surface area contributed by atoms with Crippen LogP contribution in [0.2, 0.25) is 0 Å². The number of nitrogens with one attached hydrogen (secondary N) is 1. The lowest BCUT2D eigenvalue weighted by Gasteiger charge is -2.22. The molecule has 8 heteroatoms. The normalized spacial score (nSPS) is 16.0. The van der Waals surface area contributed by atoms with Crippen molar-refractivity contribution in [1.82, 2.24) is 10.4 Å². The number of carbonyl (C=O) groups excluding carboxylic acids is 4. The van der Waals surface area contributed by atoms with Crippen LogP contribution in [-0.4, -0.2) is 40.6 Å². The third-order valence-corrected chi connectivity index (χ3v) is 2.48. The first-order valence-electron chi connectivity index (χ1n) is 6.64. The molecule has 1 atom stereocenters. The van der Waals surface area contributed by atoms with Gasteiger partial charge in [0.05, 0.1) is 0 Å². The molecule has 3 amide bonds. The number of hydrogen-bond donors (Lipinski definition) is 1. The molecule has 1 aliphatic heterocycles. The van der Waals surface area contributed by atoms with Crippen LogP contribution >= 0.6 is 0 Å². The van der Waals surface area contributed by atoms with Crippen molar-refractivity contribution in [2.45, 2.75) is 51.7 Å². The van der Waals surface area contributed by atoms with Crippen molar-refractivity contribution in [2.75, 3.05) is 0 Å². The Kier molecular flexibility index (Phi) is 5.51. The summed E-state index contributed by atoms with van der Waals surface area (Å²) in [6.45, 7) is 4.97. The Morgan fingerprint density at radius 3 is 2.32 bits per heavy atom. The predicted octanol–water partition coefficient (Wildman–Crippen LogP) is 0.510. The first-order chi connectivity index (χ1) is 10.1. The largest absolute Gasteiger partial charge is 0.444 e. The van der Waals surface area contributed by atoms with Crippen molar-refractivity contribution in [3.63, 3.8) is 0 Å². The monoisotopic (exact) mass is 310 g/mol. The number of hydroxylamine groups is 2. The van der Waals surface area contributed by atoms with Crippen molar-refractivity contribution in [3.05, 3.63) is 0 Å². The highest BCUT2D eigenvalue weighted by molar-refractivity contribution is 6.01. The van der Waals surface area contributed by atoms with Crippen LogP contribution in [0.4, 0.5) is 4.79 Å². The van der Waals surface area contributed by atoms with E-state index in [1.165, 1.54) is 0 Å². The Morgan fingerprint density at radius 2 is 1.86 bits per heavy atom. The van der Waals surface area contributed by atoms with Gasteiger partial charge in [-0.15, -0.1) is 17.4 Å². The van der Waals surface area contributed by atoms with Gasteiger partial charge in [0.25, 0.3) is 11.8 Å². The number of ether oxygens (including phenoxy) is 1. The molecule has 0 aromatic rings. The molecule has 1 heterocycles. The van der Waals surface area contributed by atoms with Gasteiger partial charge in [0.2, 0.25) is 0 Å². The van der Waals surface area contributed by atoms with E-state index in [1.807, 2.05) is 0 Å². The van der Waals surface area contributed by atoms with Gasteiger partial charge in [0, 0.05) is 19.3 Å². The van der Waals surface area contributed by atoms with Crippen LogP contribution in [0.25, 0.3) is 0 Å². The number of nitrogens with zero attached hydrogens (tertiary/aromatic N) is 1. The molecule has 1 saturated heterocycles. The molecule has 1 aliphatic rings. The molecule has 0 spiro atoms. The van der Waals surface area contributed by atoms with Crippen LogP contribution in [-0.2, 0) is 24.0 Å². The third kappa shape index (κ3) is 5.09. The summed E-state index contributed by atoms with van der Waals surface area (Å²) in [5.41, 5.74) is -0.754. The zero-order chi connectivity index (χ0) is 16.9. The van der Waals surface area contributed by atoms with E-state index in [-0.39, 0.29) is 19.3 Å². The number of amides is 3. The number of terminal acetylenes is 1. The first kappa shape index (κ1) is 17.5. The van der Waals surface area contributed by atoms with Crippen molar-refractivity contribution >= 4 is 23.9 Å². The van der Waals surface area contributed by atoms with Gasteiger partial charge in [0.1, 0.15) is 11.6 Å². The summed E-state index contributed by atoms with van der Waals surface area (Å²) in [5, 5.41) is 2.64.